The standard InChI is InChI=1S/C11H14O3/c1-11(2,10(13)14)7-8-3-5-9(12)6-4-8/h3-6,12H,7H2,1-2H3,(H,13,14). The molecular formula is C11H14O3. The molecule has 0 aromatic heterocycles. The van der Waals surface area contributed by atoms with E-state index in [1.807, 2.05) is 0 Å². The third-order valence-electron chi connectivity index (χ3n) is 2.16. The Morgan fingerprint density at radius 3 is 2.21 bits per heavy atom. The molecule has 0 spiro atoms. The quantitative estimate of drug-likeness (QED) is 0.774. The highest BCUT2D eigenvalue weighted by atomic mass is 16.4. The van der Waals surface area contributed by atoms with Crippen LogP contribution in [0.25, 0.3) is 0 Å². The van der Waals surface area contributed by atoms with E-state index in [1.165, 1.54) is 0 Å². The van der Waals surface area contributed by atoms with Crippen molar-refractivity contribution in [3.05, 3.63) is 29.8 Å². The zero-order valence-corrected chi connectivity index (χ0v) is 8.32. The van der Waals surface area contributed by atoms with Crippen molar-refractivity contribution in [3.63, 3.8) is 0 Å². The van der Waals surface area contributed by atoms with Crippen molar-refractivity contribution >= 4 is 5.97 Å². The van der Waals surface area contributed by atoms with Crippen LogP contribution in [0.3, 0.4) is 0 Å². The number of carboxylic acid groups (broad SMARTS) is 1. The van der Waals surface area contributed by atoms with Gasteiger partial charge in [0, 0.05) is 0 Å². The first-order chi connectivity index (χ1) is 6.42. The zero-order chi connectivity index (χ0) is 10.8. The number of carboxylic acids is 1. The van der Waals surface area contributed by atoms with Gasteiger partial charge in [0.15, 0.2) is 0 Å². The lowest BCUT2D eigenvalue weighted by Gasteiger charge is -2.18. The van der Waals surface area contributed by atoms with Crippen LogP contribution in [0.15, 0.2) is 24.3 Å². The summed E-state index contributed by atoms with van der Waals surface area (Å²) in [5.41, 5.74) is 0.145. The van der Waals surface area contributed by atoms with E-state index in [-0.39, 0.29) is 5.75 Å². The fraction of sp³-hybridized carbons (Fsp3) is 0.364. The van der Waals surface area contributed by atoms with Crippen LogP contribution in [0.1, 0.15) is 19.4 Å². The van der Waals surface area contributed by atoms with Gasteiger partial charge < -0.3 is 10.2 Å². The number of aromatic hydroxyl groups is 1. The summed E-state index contributed by atoms with van der Waals surface area (Å²) in [6.07, 6.45) is 0.461. The maximum absolute atomic E-state index is 10.8. The van der Waals surface area contributed by atoms with Gasteiger partial charge in [-0.25, -0.2) is 0 Å². The van der Waals surface area contributed by atoms with Crippen molar-refractivity contribution in [1.29, 1.82) is 0 Å². The molecule has 0 heterocycles. The molecule has 0 atom stereocenters. The Kier molecular flexibility index (Phi) is 2.79. The molecule has 3 heteroatoms. The largest absolute Gasteiger partial charge is 0.508 e. The van der Waals surface area contributed by atoms with Crippen molar-refractivity contribution in [1.82, 2.24) is 0 Å². The molecule has 0 saturated carbocycles. The van der Waals surface area contributed by atoms with Crippen molar-refractivity contribution in [2.75, 3.05) is 0 Å². The Morgan fingerprint density at radius 1 is 1.29 bits per heavy atom. The highest BCUT2D eigenvalue weighted by molar-refractivity contribution is 5.74. The van der Waals surface area contributed by atoms with E-state index in [0.29, 0.717) is 6.42 Å². The van der Waals surface area contributed by atoms with Crippen LogP contribution in [0.5, 0.6) is 5.75 Å². The summed E-state index contributed by atoms with van der Waals surface area (Å²) in [4.78, 5) is 10.8. The monoisotopic (exact) mass is 194 g/mol. The number of aliphatic carboxylic acids is 1. The Hall–Kier alpha value is -1.51. The smallest absolute Gasteiger partial charge is 0.309 e. The minimum absolute atomic E-state index is 0.196. The van der Waals surface area contributed by atoms with Crippen LogP contribution in [-0.2, 0) is 11.2 Å². The van der Waals surface area contributed by atoms with E-state index in [0.717, 1.165) is 5.56 Å². The number of phenolic OH excluding ortho intramolecular Hbond substituents is 1. The summed E-state index contributed by atoms with van der Waals surface area (Å²) in [5, 5.41) is 18.0. The van der Waals surface area contributed by atoms with Gasteiger partial charge in [-0.1, -0.05) is 12.1 Å². The number of hydrogen-bond acceptors (Lipinski definition) is 2. The van der Waals surface area contributed by atoms with Gasteiger partial charge in [0.2, 0.25) is 0 Å². The van der Waals surface area contributed by atoms with Gasteiger partial charge in [0.25, 0.3) is 0 Å². The van der Waals surface area contributed by atoms with Crippen LogP contribution < -0.4 is 0 Å². The average Bonchev–Trinajstić information content (AvgIpc) is 2.08. The van der Waals surface area contributed by atoms with Crippen molar-refractivity contribution < 1.29 is 15.0 Å². The molecule has 0 aliphatic heterocycles. The van der Waals surface area contributed by atoms with E-state index in [2.05, 4.69) is 0 Å². The Morgan fingerprint density at radius 2 is 1.79 bits per heavy atom. The molecule has 14 heavy (non-hydrogen) atoms. The molecular weight excluding hydrogens is 180 g/mol. The van der Waals surface area contributed by atoms with Crippen LogP contribution in [0, 0.1) is 5.41 Å². The molecule has 0 saturated heterocycles. The maximum Gasteiger partial charge on any atom is 0.309 e. The third-order valence-corrected chi connectivity index (χ3v) is 2.16. The lowest BCUT2D eigenvalue weighted by molar-refractivity contribution is -0.146. The first-order valence-corrected chi connectivity index (χ1v) is 4.43. The molecule has 1 aromatic carbocycles. The number of benzene rings is 1. The van der Waals surface area contributed by atoms with Gasteiger partial charge in [-0.05, 0) is 38.0 Å². The molecule has 3 nitrogen and oxygen atoms in total. The van der Waals surface area contributed by atoms with Crippen LogP contribution in [-0.4, -0.2) is 16.2 Å². The van der Waals surface area contributed by atoms with Crippen LogP contribution in [0.2, 0.25) is 0 Å². The maximum atomic E-state index is 10.8. The molecule has 2 N–H and O–H groups in total. The average molecular weight is 194 g/mol. The van der Waals surface area contributed by atoms with Gasteiger partial charge >= 0.3 is 5.97 Å². The van der Waals surface area contributed by atoms with Gasteiger partial charge in [0.05, 0.1) is 5.41 Å². The second kappa shape index (κ2) is 3.70. The first-order valence-electron chi connectivity index (χ1n) is 4.43. The predicted octanol–water partition coefficient (Wildman–Crippen LogP) is 2.05. The summed E-state index contributed by atoms with van der Waals surface area (Å²) < 4.78 is 0. The molecule has 1 aromatic rings. The van der Waals surface area contributed by atoms with E-state index in [4.69, 9.17) is 10.2 Å². The minimum Gasteiger partial charge on any atom is -0.508 e. The first kappa shape index (κ1) is 10.6. The number of phenols is 1. The van der Waals surface area contributed by atoms with Gasteiger partial charge in [0.1, 0.15) is 5.75 Å². The normalized spacial score (nSPS) is 11.3. The SMILES string of the molecule is CC(C)(Cc1ccc(O)cc1)C(=O)O. The lowest BCUT2D eigenvalue weighted by atomic mass is 9.86. The molecule has 0 bridgehead atoms. The molecule has 0 amide bonds. The van der Waals surface area contributed by atoms with E-state index in [9.17, 15) is 4.79 Å². The minimum atomic E-state index is -0.814. The fourth-order valence-corrected chi connectivity index (χ4v) is 1.20. The molecule has 0 fully saturated rings. The summed E-state index contributed by atoms with van der Waals surface area (Å²) in [6, 6.07) is 6.60. The second-order valence-electron chi connectivity index (χ2n) is 4.03. The third kappa shape index (κ3) is 2.49. The summed E-state index contributed by atoms with van der Waals surface area (Å²) in [7, 11) is 0. The van der Waals surface area contributed by atoms with Crippen LogP contribution in [0.4, 0.5) is 0 Å². The molecule has 0 aliphatic rings. The molecule has 76 valence electrons. The second-order valence-corrected chi connectivity index (χ2v) is 4.03. The summed E-state index contributed by atoms with van der Waals surface area (Å²) in [5.74, 6) is -0.618. The summed E-state index contributed by atoms with van der Waals surface area (Å²) in [6.45, 7) is 3.37. The molecule has 0 aliphatic carbocycles. The van der Waals surface area contributed by atoms with Gasteiger partial charge in [-0.3, -0.25) is 4.79 Å². The molecule has 0 unspecified atom stereocenters. The van der Waals surface area contributed by atoms with Crippen molar-refractivity contribution in [2.45, 2.75) is 20.3 Å². The number of hydrogen-bond donors (Lipinski definition) is 2. The van der Waals surface area contributed by atoms with Crippen molar-refractivity contribution in [3.8, 4) is 5.75 Å². The Balaban J connectivity index is 2.79. The van der Waals surface area contributed by atoms with Crippen molar-refractivity contribution in [2.24, 2.45) is 5.41 Å². The highest BCUT2D eigenvalue weighted by Gasteiger charge is 2.27. The summed E-state index contributed by atoms with van der Waals surface area (Å²) >= 11 is 0. The lowest BCUT2D eigenvalue weighted by Crippen LogP contribution is -2.26. The van der Waals surface area contributed by atoms with E-state index in [1.54, 1.807) is 38.1 Å². The number of rotatable bonds is 3. The van der Waals surface area contributed by atoms with Gasteiger partial charge in [-0.15, -0.1) is 0 Å². The predicted molar refractivity (Wildman–Crippen MR) is 53.2 cm³/mol. The van der Waals surface area contributed by atoms with Gasteiger partial charge in [-0.2, -0.15) is 0 Å². The molecule has 0 radical (unpaired) electrons. The van der Waals surface area contributed by atoms with Crippen LogP contribution >= 0.6 is 0 Å². The Bertz CT molecular complexity index is 325. The Labute approximate surface area is 83.0 Å². The topological polar surface area (TPSA) is 57.5 Å². The highest BCUT2D eigenvalue weighted by Crippen LogP contribution is 2.23. The fourth-order valence-electron chi connectivity index (χ4n) is 1.20. The van der Waals surface area contributed by atoms with E-state index >= 15 is 0 Å². The molecule has 1 rings (SSSR count). The number of carbonyl (C=O) groups is 1. The zero-order valence-electron chi connectivity index (χ0n) is 8.32. The van der Waals surface area contributed by atoms with E-state index < -0.39 is 11.4 Å².